The quantitative estimate of drug-likeness (QED) is 0.617. The molecule has 0 heterocycles. The molecule has 0 saturated heterocycles. The minimum absolute atomic E-state index is 0.0957. The van der Waals surface area contributed by atoms with Gasteiger partial charge in [-0.3, -0.25) is 0 Å². The van der Waals surface area contributed by atoms with Crippen LogP contribution in [0.2, 0.25) is 0 Å². The van der Waals surface area contributed by atoms with Gasteiger partial charge in [0.15, 0.2) is 0 Å². The van der Waals surface area contributed by atoms with Crippen molar-refractivity contribution < 1.29 is 13.2 Å². The van der Waals surface area contributed by atoms with Crippen LogP contribution >= 0.6 is 10.7 Å². The van der Waals surface area contributed by atoms with Crippen LogP contribution in [0.1, 0.15) is 38.7 Å². The zero-order valence-electron chi connectivity index (χ0n) is 11.2. The summed E-state index contributed by atoms with van der Waals surface area (Å²) in [7, 11) is 1.65. The molecule has 1 rings (SSSR count). The minimum Gasteiger partial charge on any atom is -0.481 e. The van der Waals surface area contributed by atoms with E-state index in [-0.39, 0.29) is 17.4 Å². The number of hydrogen-bond acceptors (Lipinski definition) is 3. The highest BCUT2D eigenvalue weighted by molar-refractivity contribution is 8.13. The molecule has 0 fully saturated rings. The highest BCUT2D eigenvalue weighted by atomic mass is 35.7. The van der Waals surface area contributed by atoms with Crippen LogP contribution in [0, 0.1) is 11.8 Å². The van der Waals surface area contributed by atoms with Gasteiger partial charge in [0.25, 0.3) is 9.05 Å². The Labute approximate surface area is 119 Å². The normalized spacial score (nSPS) is 12.4. The fraction of sp³-hybridized carbons (Fsp3) is 0.429. The first-order valence-corrected chi connectivity index (χ1v) is 8.32. The van der Waals surface area contributed by atoms with Crippen molar-refractivity contribution >= 4 is 19.7 Å². The second-order valence-corrected chi connectivity index (χ2v) is 6.73. The molecule has 0 amide bonds. The van der Waals surface area contributed by atoms with E-state index in [0.29, 0.717) is 5.75 Å². The molecule has 3 nitrogen and oxygen atoms in total. The molecule has 0 bridgehead atoms. The number of halogens is 1. The molecule has 0 spiro atoms. The summed E-state index contributed by atoms with van der Waals surface area (Å²) in [5.41, 5.74) is 0.835. The highest BCUT2D eigenvalue weighted by Crippen LogP contribution is 2.32. The number of rotatable bonds is 5. The average molecular weight is 301 g/mol. The molecule has 19 heavy (non-hydrogen) atoms. The van der Waals surface area contributed by atoms with Crippen molar-refractivity contribution in [2.45, 2.75) is 38.0 Å². The largest absolute Gasteiger partial charge is 0.481 e. The summed E-state index contributed by atoms with van der Waals surface area (Å²) in [6.45, 7) is 6.06. The molecular formula is C14H17ClO3S. The molecule has 0 radical (unpaired) electrons. The minimum atomic E-state index is -3.72. The van der Waals surface area contributed by atoms with Crippen LogP contribution in [-0.2, 0) is 9.05 Å². The Morgan fingerprint density at radius 1 is 1.42 bits per heavy atom. The van der Waals surface area contributed by atoms with Crippen LogP contribution in [0.3, 0.4) is 0 Å². The lowest BCUT2D eigenvalue weighted by molar-refractivity contribution is 0.363. The summed E-state index contributed by atoms with van der Waals surface area (Å²) < 4.78 is 28.3. The van der Waals surface area contributed by atoms with Crippen LogP contribution < -0.4 is 4.74 Å². The van der Waals surface area contributed by atoms with Crippen molar-refractivity contribution in [2.75, 3.05) is 6.61 Å². The van der Waals surface area contributed by atoms with Gasteiger partial charge >= 0.3 is 0 Å². The summed E-state index contributed by atoms with van der Waals surface area (Å²) >= 11 is 0. The first-order chi connectivity index (χ1) is 8.90. The lowest BCUT2D eigenvalue weighted by atomic mass is 9.98. The van der Waals surface area contributed by atoms with E-state index >= 15 is 0 Å². The van der Waals surface area contributed by atoms with Crippen LogP contribution in [0.25, 0.3) is 0 Å². The third-order valence-corrected chi connectivity index (χ3v) is 4.23. The van der Waals surface area contributed by atoms with Gasteiger partial charge in [0.1, 0.15) is 12.4 Å². The fourth-order valence-corrected chi connectivity index (χ4v) is 2.39. The van der Waals surface area contributed by atoms with Crippen molar-refractivity contribution in [3.8, 4) is 17.6 Å². The Hall–Kier alpha value is -1.18. The van der Waals surface area contributed by atoms with Gasteiger partial charge in [0, 0.05) is 10.7 Å². The Balaban J connectivity index is 3.19. The van der Waals surface area contributed by atoms with Crippen LogP contribution in [0.5, 0.6) is 5.75 Å². The second kappa shape index (κ2) is 6.83. The number of benzene rings is 1. The summed E-state index contributed by atoms with van der Waals surface area (Å²) in [6.07, 6.45) is 0.877. The van der Waals surface area contributed by atoms with Crippen molar-refractivity contribution in [1.29, 1.82) is 0 Å². The molecule has 1 atom stereocenters. The monoisotopic (exact) mass is 300 g/mol. The molecule has 0 aliphatic heterocycles. The molecule has 5 heteroatoms. The Bertz CT molecular complexity index is 597. The predicted molar refractivity (Wildman–Crippen MR) is 77.1 cm³/mol. The van der Waals surface area contributed by atoms with Gasteiger partial charge in [-0.1, -0.05) is 19.8 Å². The molecule has 0 aliphatic rings. The number of hydrogen-bond donors (Lipinski definition) is 0. The topological polar surface area (TPSA) is 43.4 Å². The Morgan fingerprint density at radius 3 is 2.63 bits per heavy atom. The van der Waals surface area contributed by atoms with Crippen molar-refractivity contribution in [3.63, 3.8) is 0 Å². The van der Waals surface area contributed by atoms with Crippen LogP contribution in [0.15, 0.2) is 23.1 Å². The zero-order chi connectivity index (χ0) is 14.5. The lowest BCUT2D eigenvalue weighted by Crippen LogP contribution is -2.03. The van der Waals surface area contributed by atoms with Gasteiger partial charge in [0.05, 0.1) is 4.90 Å². The van der Waals surface area contributed by atoms with Crippen molar-refractivity contribution in [1.82, 2.24) is 0 Å². The van der Waals surface area contributed by atoms with Gasteiger partial charge in [-0.25, -0.2) is 8.42 Å². The molecule has 0 aliphatic carbocycles. The van der Waals surface area contributed by atoms with Crippen molar-refractivity contribution in [3.05, 3.63) is 23.8 Å². The van der Waals surface area contributed by atoms with Gasteiger partial charge in [0.2, 0.25) is 0 Å². The molecule has 1 aromatic carbocycles. The predicted octanol–water partition coefficient (Wildman–Crippen LogP) is 3.53. The summed E-state index contributed by atoms with van der Waals surface area (Å²) in [4.78, 5) is 0.0957. The zero-order valence-corrected chi connectivity index (χ0v) is 12.8. The maximum absolute atomic E-state index is 11.4. The fourth-order valence-electron chi connectivity index (χ4n) is 1.60. The average Bonchev–Trinajstić information content (AvgIpc) is 2.37. The molecular weight excluding hydrogens is 284 g/mol. The van der Waals surface area contributed by atoms with E-state index in [0.717, 1.165) is 12.0 Å². The summed E-state index contributed by atoms with van der Waals surface area (Å²) in [5, 5.41) is 0. The molecule has 0 N–H and O–H groups in total. The van der Waals surface area contributed by atoms with Gasteiger partial charge < -0.3 is 4.74 Å². The van der Waals surface area contributed by atoms with Gasteiger partial charge in [-0.15, -0.1) is 5.92 Å². The Kier molecular flexibility index (Phi) is 5.71. The molecule has 0 saturated carbocycles. The van der Waals surface area contributed by atoms with E-state index in [1.165, 1.54) is 6.07 Å². The SMILES string of the molecule is CC#CCOc1ccc(S(=O)(=O)Cl)cc1C(C)CC. The van der Waals surface area contributed by atoms with Gasteiger partial charge in [-0.05, 0) is 43.0 Å². The summed E-state index contributed by atoms with van der Waals surface area (Å²) in [5.74, 6) is 6.39. The van der Waals surface area contributed by atoms with Crippen LogP contribution in [-0.4, -0.2) is 15.0 Å². The van der Waals surface area contributed by atoms with E-state index in [1.807, 2.05) is 13.8 Å². The second-order valence-electron chi connectivity index (χ2n) is 4.16. The van der Waals surface area contributed by atoms with Crippen molar-refractivity contribution in [2.24, 2.45) is 0 Å². The third-order valence-electron chi connectivity index (χ3n) is 2.88. The smallest absolute Gasteiger partial charge is 0.261 e. The van der Waals surface area contributed by atoms with E-state index in [9.17, 15) is 8.42 Å². The molecule has 1 aromatic rings. The highest BCUT2D eigenvalue weighted by Gasteiger charge is 2.16. The van der Waals surface area contributed by atoms with Gasteiger partial charge in [-0.2, -0.15) is 0 Å². The first kappa shape index (κ1) is 15.9. The molecule has 1 unspecified atom stereocenters. The van der Waals surface area contributed by atoms with E-state index in [4.69, 9.17) is 15.4 Å². The maximum Gasteiger partial charge on any atom is 0.261 e. The summed E-state index contributed by atoms with van der Waals surface area (Å²) in [6, 6.07) is 4.65. The first-order valence-electron chi connectivity index (χ1n) is 6.01. The third kappa shape index (κ3) is 4.45. The van der Waals surface area contributed by atoms with E-state index < -0.39 is 9.05 Å². The number of ether oxygens (including phenoxy) is 1. The standard InChI is InChI=1S/C14H17ClO3S/c1-4-6-9-18-14-8-7-12(19(15,16)17)10-13(14)11(3)5-2/h7-8,10-11H,5,9H2,1-3H3. The van der Waals surface area contributed by atoms with E-state index in [2.05, 4.69) is 11.8 Å². The van der Waals surface area contributed by atoms with E-state index in [1.54, 1.807) is 19.1 Å². The maximum atomic E-state index is 11.4. The lowest BCUT2D eigenvalue weighted by Gasteiger charge is -2.15. The molecule has 104 valence electrons. The van der Waals surface area contributed by atoms with Crippen LogP contribution in [0.4, 0.5) is 0 Å². The Morgan fingerprint density at radius 2 is 2.11 bits per heavy atom. The molecule has 0 aromatic heterocycles.